The largest absolute Gasteiger partial charge is 0.377 e. The summed E-state index contributed by atoms with van der Waals surface area (Å²) >= 11 is 0. The molecule has 82 valence electrons. The van der Waals surface area contributed by atoms with Gasteiger partial charge in [-0.05, 0) is 33.2 Å². The Morgan fingerprint density at radius 1 is 1.71 bits per heavy atom. The van der Waals surface area contributed by atoms with Crippen LogP contribution >= 0.6 is 0 Å². The molecule has 0 saturated carbocycles. The van der Waals surface area contributed by atoms with Gasteiger partial charge in [0.1, 0.15) is 6.15 Å². The first-order valence-electron chi connectivity index (χ1n) is 5.99. The molecule has 0 aromatic heterocycles. The Balaban J connectivity index is 2.04. The molecule has 0 aromatic rings. The Hall–Kier alpha value is -0.150. The molecule has 2 atom stereocenters. The van der Waals surface area contributed by atoms with Crippen LogP contribution in [0.15, 0.2) is 0 Å². The van der Waals surface area contributed by atoms with Crippen LogP contribution in [0.3, 0.4) is 0 Å². The molecule has 2 aliphatic rings. The zero-order chi connectivity index (χ0) is 11.1. The van der Waals surface area contributed by atoms with Crippen LogP contribution < -0.4 is 0 Å². The van der Waals surface area contributed by atoms with Gasteiger partial charge in [0.25, 0.3) is 0 Å². The molecule has 2 rings (SSSR count). The maximum Gasteiger partial charge on any atom is 0.115 e. The lowest BCUT2D eigenvalue weighted by atomic mass is 9.95. The van der Waals surface area contributed by atoms with E-state index in [1.54, 1.807) is 0 Å². The molecule has 0 unspecified atom stereocenters. The number of hydrogen-bond donors (Lipinski definition) is 0. The van der Waals surface area contributed by atoms with Crippen molar-refractivity contribution in [1.29, 1.82) is 0 Å². The summed E-state index contributed by atoms with van der Waals surface area (Å²) in [6, 6.07) is 0. The summed E-state index contributed by atoms with van der Waals surface area (Å²) in [5.41, 5.74) is -0.180. The summed E-state index contributed by atoms with van der Waals surface area (Å²) in [6.07, 6.45) is 0.817. The van der Waals surface area contributed by atoms with E-state index in [0.29, 0.717) is 13.0 Å². The number of fused-ring (bicyclic) bond motifs is 1. The minimum absolute atomic E-state index is 0.180. The van der Waals surface area contributed by atoms with Gasteiger partial charge < -0.3 is 4.74 Å². The number of halogens is 1. The molecule has 2 heterocycles. The highest BCUT2D eigenvalue weighted by Crippen LogP contribution is 2.40. The second kappa shape index (κ2) is 3.78. The van der Waals surface area contributed by atoms with E-state index >= 15 is 0 Å². The van der Waals surface area contributed by atoms with Gasteiger partial charge in [-0.3, -0.25) is 4.90 Å². The predicted molar refractivity (Wildman–Crippen MR) is 54.1 cm³/mol. The molecule has 14 heavy (non-hydrogen) atoms. The number of rotatable bonds is 3. The first-order valence-corrected chi connectivity index (χ1v) is 5.49. The van der Waals surface area contributed by atoms with E-state index in [1.165, 1.54) is 0 Å². The van der Waals surface area contributed by atoms with Crippen LogP contribution in [0.2, 0.25) is 0 Å². The van der Waals surface area contributed by atoms with Gasteiger partial charge in [-0.1, -0.05) is 0 Å². The molecule has 0 amide bonds. The molecule has 2 nitrogen and oxygen atoms in total. The van der Waals surface area contributed by atoms with E-state index in [-0.39, 0.29) is 18.2 Å². The monoisotopic (exact) mass is 202 g/mol. The highest BCUT2D eigenvalue weighted by Gasteiger charge is 2.48. The van der Waals surface area contributed by atoms with E-state index in [9.17, 15) is 4.39 Å². The topological polar surface area (TPSA) is 12.5 Å². The van der Waals surface area contributed by atoms with Crippen LogP contribution in [-0.4, -0.2) is 42.4 Å². The molecule has 3 heteroatoms. The lowest BCUT2D eigenvalue weighted by Crippen LogP contribution is -2.43. The van der Waals surface area contributed by atoms with Gasteiger partial charge in [-0.2, -0.15) is 0 Å². The highest BCUT2D eigenvalue weighted by molar-refractivity contribution is 5.03. The standard InChI is InChI=1S/C11H20FNO/c1-9(2)14-8-11-4-3-5-13(11)7-10(12)6-11/h9-10H,3-8H2,1-2H3/t10-,11+/m1/s1/i10D. The number of hydrogen-bond acceptors (Lipinski definition) is 2. The zero-order valence-corrected chi connectivity index (χ0v) is 9.05. The van der Waals surface area contributed by atoms with Crippen LogP contribution in [0.5, 0.6) is 0 Å². The van der Waals surface area contributed by atoms with E-state index in [4.69, 9.17) is 6.11 Å². The minimum atomic E-state index is -1.76. The van der Waals surface area contributed by atoms with Crippen LogP contribution in [0.25, 0.3) is 0 Å². The van der Waals surface area contributed by atoms with Crippen LogP contribution in [-0.2, 0) is 4.74 Å². The third-order valence-corrected chi connectivity index (χ3v) is 3.31. The molecule has 2 saturated heterocycles. The Labute approximate surface area is 86.8 Å². The van der Waals surface area contributed by atoms with Crippen molar-refractivity contribution in [3.05, 3.63) is 0 Å². The minimum Gasteiger partial charge on any atom is -0.377 e. The van der Waals surface area contributed by atoms with Gasteiger partial charge in [-0.15, -0.1) is 0 Å². The molecule has 0 radical (unpaired) electrons. The van der Waals surface area contributed by atoms with Crippen molar-refractivity contribution in [2.45, 2.75) is 50.9 Å². The third-order valence-electron chi connectivity index (χ3n) is 3.31. The predicted octanol–water partition coefficient (Wildman–Crippen LogP) is 1.99. The average Bonchev–Trinajstić information content (AvgIpc) is 2.53. The van der Waals surface area contributed by atoms with Gasteiger partial charge >= 0.3 is 0 Å². The number of alkyl halides is 1. The Morgan fingerprint density at radius 2 is 2.50 bits per heavy atom. The normalized spacial score (nSPS) is 44.4. The molecular formula is C11H20FNO. The number of ether oxygens (including phenoxy) is 1. The fourth-order valence-corrected chi connectivity index (χ4v) is 2.60. The van der Waals surface area contributed by atoms with Crippen LogP contribution in [0.4, 0.5) is 4.39 Å². The first kappa shape index (κ1) is 9.10. The van der Waals surface area contributed by atoms with Gasteiger partial charge in [0, 0.05) is 18.5 Å². The molecule has 0 aromatic carbocycles. The second-order valence-electron chi connectivity index (χ2n) is 4.80. The quantitative estimate of drug-likeness (QED) is 0.694. The smallest absolute Gasteiger partial charge is 0.115 e. The molecular weight excluding hydrogens is 181 g/mol. The van der Waals surface area contributed by atoms with E-state index in [1.807, 2.05) is 13.8 Å². The lowest BCUT2D eigenvalue weighted by molar-refractivity contribution is 0.00276. The van der Waals surface area contributed by atoms with E-state index in [0.717, 1.165) is 19.4 Å². The highest BCUT2D eigenvalue weighted by atomic mass is 19.1. The fourth-order valence-electron chi connectivity index (χ4n) is 2.60. The van der Waals surface area contributed by atoms with Gasteiger partial charge in [0.2, 0.25) is 0 Å². The second-order valence-corrected chi connectivity index (χ2v) is 4.80. The van der Waals surface area contributed by atoms with Gasteiger partial charge in [0.15, 0.2) is 0 Å². The summed E-state index contributed by atoms with van der Waals surface area (Å²) in [5, 5.41) is 0. The Kier molecular flexibility index (Phi) is 2.46. The SMILES string of the molecule is [2H][C@]1(F)CN2CCC[C@@]2(COC(C)C)C1. The number of nitrogens with zero attached hydrogens (tertiary/aromatic N) is 1. The van der Waals surface area contributed by atoms with Crippen molar-refractivity contribution < 1.29 is 10.5 Å². The lowest BCUT2D eigenvalue weighted by Gasteiger charge is -2.32. The fraction of sp³-hybridized carbons (Fsp3) is 1.00. The Bertz CT molecular complexity index is 247. The van der Waals surface area contributed by atoms with Crippen molar-refractivity contribution in [3.8, 4) is 0 Å². The molecule has 0 bridgehead atoms. The van der Waals surface area contributed by atoms with Crippen molar-refractivity contribution in [1.82, 2.24) is 4.90 Å². The molecule has 0 N–H and O–H groups in total. The van der Waals surface area contributed by atoms with E-state index in [2.05, 4.69) is 4.90 Å². The summed E-state index contributed by atoms with van der Waals surface area (Å²) in [4.78, 5) is 2.11. The summed E-state index contributed by atoms with van der Waals surface area (Å²) < 4.78 is 26.8. The van der Waals surface area contributed by atoms with Crippen molar-refractivity contribution in [2.75, 3.05) is 19.7 Å². The molecule has 2 aliphatic heterocycles. The summed E-state index contributed by atoms with van der Waals surface area (Å²) in [6.45, 7) is 5.75. The maximum absolute atomic E-state index is 13.7. The average molecular weight is 202 g/mol. The summed E-state index contributed by atoms with van der Waals surface area (Å²) in [7, 11) is 0. The van der Waals surface area contributed by atoms with Crippen molar-refractivity contribution in [2.24, 2.45) is 0 Å². The van der Waals surface area contributed by atoms with E-state index < -0.39 is 6.15 Å². The first-order chi connectivity index (χ1) is 6.94. The van der Waals surface area contributed by atoms with Crippen LogP contribution in [0, 0.1) is 0 Å². The van der Waals surface area contributed by atoms with Gasteiger partial charge in [-0.25, -0.2) is 4.39 Å². The Morgan fingerprint density at radius 3 is 3.21 bits per heavy atom. The zero-order valence-electron chi connectivity index (χ0n) is 10.1. The molecule has 0 spiro atoms. The summed E-state index contributed by atoms with van der Waals surface area (Å²) in [5.74, 6) is 0. The molecule has 0 aliphatic carbocycles. The van der Waals surface area contributed by atoms with Crippen molar-refractivity contribution >= 4 is 0 Å². The maximum atomic E-state index is 13.7. The van der Waals surface area contributed by atoms with Crippen LogP contribution in [0.1, 0.15) is 34.5 Å². The molecule has 2 fully saturated rings. The van der Waals surface area contributed by atoms with Gasteiger partial charge in [0.05, 0.1) is 14.1 Å². The van der Waals surface area contributed by atoms with Crippen molar-refractivity contribution in [3.63, 3.8) is 0 Å². The third kappa shape index (κ3) is 1.80.